The summed E-state index contributed by atoms with van der Waals surface area (Å²) in [5, 5.41) is 12.9. The molecule has 1 aromatic carbocycles. The Balaban J connectivity index is 2.38. The second-order valence-corrected chi connectivity index (χ2v) is 3.87. The third kappa shape index (κ3) is 2.53. The second kappa shape index (κ2) is 4.45. The van der Waals surface area contributed by atoms with E-state index in [2.05, 4.69) is 5.16 Å². The van der Waals surface area contributed by atoms with Crippen LogP contribution in [-0.4, -0.2) is 10.3 Å². The maximum atomic E-state index is 12.5. The molecule has 1 N–H and O–H groups in total. The molecule has 0 saturated heterocycles. The number of aliphatic hydroxyl groups excluding tert-OH is 1. The van der Waals surface area contributed by atoms with Crippen LogP contribution < -0.4 is 0 Å². The number of hydrogen-bond acceptors (Lipinski definition) is 3. The highest BCUT2D eigenvalue weighted by Crippen LogP contribution is 2.32. The van der Waals surface area contributed by atoms with E-state index >= 15 is 0 Å². The number of nitrogens with zero attached hydrogens (tertiary/aromatic N) is 1. The lowest BCUT2D eigenvalue weighted by Crippen LogP contribution is -2.04. The molecule has 1 aromatic heterocycles. The molecule has 0 fully saturated rings. The monoisotopic (exact) mass is 257 g/mol. The first-order chi connectivity index (χ1) is 8.38. The lowest BCUT2D eigenvalue weighted by atomic mass is 10.1. The summed E-state index contributed by atoms with van der Waals surface area (Å²) in [4.78, 5) is 0. The van der Waals surface area contributed by atoms with Gasteiger partial charge >= 0.3 is 6.18 Å². The van der Waals surface area contributed by atoms with Crippen molar-refractivity contribution in [3.63, 3.8) is 0 Å². The third-order valence-electron chi connectivity index (χ3n) is 2.43. The van der Waals surface area contributed by atoms with Crippen molar-refractivity contribution in [2.75, 3.05) is 0 Å². The molecule has 2 rings (SSSR count). The van der Waals surface area contributed by atoms with E-state index in [1.807, 2.05) is 0 Å². The maximum absolute atomic E-state index is 12.5. The number of aromatic nitrogens is 1. The van der Waals surface area contributed by atoms with Crippen LogP contribution in [-0.2, 0) is 6.18 Å². The zero-order valence-electron chi connectivity index (χ0n) is 9.40. The van der Waals surface area contributed by atoms with Crippen LogP contribution in [0.25, 0.3) is 11.3 Å². The highest BCUT2D eigenvalue weighted by Gasteiger charge is 2.30. The number of alkyl halides is 3. The van der Waals surface area contributed by atoms with E-state index in [0.717, 1.165) is 12.1 Å². The fraction of sp³-hybridized carbons (Fsp3) is 0.250. The molecule has 0 aliphatic rings. The van der Waals surface area contributed by atoms with Crippen LogP contribution in [0.3, 0.4) is 0 Å². The molecule has 0 saturated carbocycles. The van der Waals surface area contributed by atoms with Gasteiger partial charge in [-0.05, 0) is 19.1 Å². The zero-order chi connectivity index (χ0) is 13.3. The Morgan fingerprint density at radius 3 is 2.56 bits per heavy atom. The van der Waals surface area contributed by atoms with Crippen LogP contribution in [0.2, 0.25) is 0 Å². The molecular formula is C12H10F3NO2. The highest BCUT2D eigenvalue weighted by atomic mass is 19.4. The molecule has 0 aliphatic carbocycles. The molecular weight excluding hydrogens is 247 g/mol. The van der Waals surface area contributed by atoms with Gasteiger partial charge in [0.05, 0.1) is 5.56 Å². The van der Waals surface area contributed by atoms with Gasteiger partial charge in [0.15, 0.2) is 5.76 Å². The minimum atomic E-state index is -4.40. The maximum Gasteiger partial charge on any atom is 0.416 e. The Hall–Kier alpha value is -1.82. The second-order valence-electron chi connectivity index (χ2n) is 3.87. The topological polar surface area (TPSA) is 46.3 Å². The van der Waals surface area contributed by atoms with E-state index in [1.54, 1.807) is 0 Å². The van der Waals surface area contributed by atoms with Crippen molar-refractivity contribution in [1.29, 1.82) is 0 Å². The first-order valence-electron chi connectivity index (χ1n) is 5.20. The van der Waals surface area contributed by atoms with Gasteiger partial charge in [-0.15, -0.1) is 0 Å². The molecule has 3 nitrogen and oxygen atoms in total. The van der Waals surface area contributed by atoms with E-state index in [4.69, 9.17) is 4.52 Å². The summed E-state index contributed by atoms with van der Waals surface area (Å²) < 4.78 is 42.4. The summed E-state index contributed by atoms with van der Waals surface area (Å²) in [7, 11) is 0. The molecule has 0 spiro atoms. The minimum absolute atomic E-state index is 0.211. The number of halogens is 3. The van der Waals surface area contributed by atoms with Crippen molar-refractivity contribution in [1.82, 2.24) is 5.16 Å². The summed E-state index contributed by atoms with van der Waals surface area (Å²) in [6.07, 6.45) is -5.25. The predicted octanol–water partition coefficient (Wildman–Crippen LogP) is 3.41. The van der Waals surface area contributed by atoms with Gasteiger partial charge in [-0.1, -0.05) is 17.3 Å². The van der Waals surface area contributed by atoms with Crippen LogP contribution in [0.1, 0.15) is 24.4 Å². The smallest absolute Gasteiger partial charge is 0.385 e. The van der Waals surface area contributed by atoms with E-state index in [-0.39, 0.29) is 11.5 Å². The number of rotatable bonds is 2. The number of aliphatic hydroxyl groups is 1. The fourth-order valence-corrected chi connectivity index (χ4v) is 1.48. The Morgan fingerprint density at radius 1 is 1.28 bits per heavy atom. The molecule has 0 aliphatic heterocycles. The molecule has 1 atom stereocenters. The van der Waals surface area contributed by atoms with Crippen LogP contribution in [0.15, 0.2) is 34.9 Å². The Bertz CT molecular complexity index is 546. The average molecular weight is 257 g/mol. The molecule has 0 amide bonds. The Morgan fingerprint density at radius 2 is 2.00 bits per heavy atom. The van der Waals surface area contributed by atoms with E-state index in [9.17, 15) is 18.3 Å². The summed E-state index contributed by atoms with van der Waals surface area (Å²) in [6, 6.07) is 6.19. The van der Waals surface area contributed by atoms with E-state index < -0.39 is 17.8 Å². The number of benzene rings is 1. The van der Waals surface area contributed by atoms with Gasteiger partial charge in [0.25, 0.3) is 0 Å². The van der Waals surface area contributed by atoms with Crippen molar-refractivity contribution < 1.29 is 22.8 Å². The molecule has 6 heteroatoms. The van der Waals surface area contributed by atoms with Crippen molar-refractivity contribution in [2.45, 2.75) is 19.2 Å². The molecule has 18 heavy (non-hydrogen) atoms. The van der Waals surface area contributed by atoms with Gasteiger partial charge < -0.3 is 9.63 Å². The quantitative estimate of drug-likeness (QED) is 0.896. The highest BCUT2D eigenvalue weighted by molar-refractivity contribution is 5.60. The van der Waals surface area contributed by atoms with Crippen molar-refractivity contribution in [3.8, 4) is 11.3 Å². The lowest BCUT2D eigenvalue weighted by molar-refractivity contribution is -0.137. The van der Waals surface area contributed by atoms with Crippen LogP contribution in [0.5, 0.6) is 0 Å². The van der Waals surface area contributed by atoms with Gasteiger partial charge in [0.2, 0.25) is 0 Å². The van der Waals surface area contributed by atoms with Gasteiger partial charge in [0, 0.05) is 11.6 Å². The molecule has 0 unspecified atom stereocenters. The van der Waals surface area contributed by atoms with Gasteiger partial charge in [-0.2, -0.15) is 13.2 Å². The molecule has 0 radical (unpaired) electrons. The molecule has 96 valence electrons. The fourth-order valence-electron chi connectivity index (χ4n) is 1.48. The normalized spacial score (nSPS) is 13.6. The van der Waals surface area contributed by atoms with E-state index in [1.165, 1.54) is 25.1 Å². The van der Waals surface area contributed by atoms with Crippen LogP contribution in [0, 0.1) is 0 Å². The average Bonchev–Trinajstić information content (AvgIpc) is 2.77. The van der Waals surface area contributed by atoms with Crippen LogP contribution >= 0.6 is 0 Å². The Kier molecular flexibility index (Phi) is 3.13. The molecule has 0 bridgehead atoms. The molecule has 2 aromatic rings. The van der Waals surface area contributed by atoms with Crippen LogP contribution in [0.4, 0.5) is 13.2 Å². The van der Waals surface area contributed by atoms with E-state index in [0.29, 0.717) is 5.56 Å². The van der Waals surface area contributed by atoms with Crippen molar-refractivity contribution >= 4 is 0 Å². The predicted molar refractivity (Wildman–Crippen MR) is 57.6 cm³/mol. The Labute approximate surface area is 101 Å². The van der Waals surface area contributed by atoms with Gasteiger partial charge in [-0.25, -0.2) is 0 Å². The van der Waals surface area contributed by atoms with Crippen molar-refractivity contribution in [2.24, 2.45) is 0 Å². The lowest BCUT2D eigenvalue weighted by Gasteiger charge is -2.06. The standard InChI is InChI=1S/C12H10F3NO2/c1-7(17)11-6-10(16-18-11)8-3-2-4-9(5-8)12(13,14)15/h2-7,17H,1H3/t7-/m0/s1. The third-order valence-corrected chi connectivity index (χ3v) is 2.43. The van der Waals surface area contributed by atoms with Crippen molar-refractivity contribution in [3.05, 3.63) is 41.7 Å². The first kappa shape index (κ1) is 12.6. The van der Waals surface area contributed by atoms with Gasteiger partial charge in [0.1, 0.15) is 11.8 Å². The summed E-state index contributed by atoms with van der Waals surface area (Å²) in [6.45, 7) is 1.48. The summed E-state index contributed by atoms with van der Waals surface area (Å²) in [5.74, 6) is 0.211. The van der Waals surface area contributed by atoms with Gasteiger partial charge in [-0.3, -0.25) is 0 Å². The first-order valence-corrected chi connectivity index (χ1v) is 5.20. The SMILES string of the molecule is C[C@H](O)c1cc(-c2cccc(C(F)(F)F)c2)no1. The largest absolute Gasteiger partial charge is 0.416 e. The minimum Gasteiger partial charge on any atom is -0.385 e. The summed E-state index contributed by atoms with van der Waals surface area (Å²) in [5.41, 5.74) is -0.195. The molecule has 1 heterocycles. The summed E-state index contributed by atoms with van der Waals surface area (Å²) >= 11 is 0. The zero-order valence-corrected chi connectivity index (χ0v) is 9.40. The number of hydrogen-bond donors (Lipinski definition) is 1.